The van der Waals surface area contributed by atoms with Gasteiger partial charge in [-0.15, -0.1) is 12.4 Å². The van der Waals surface area contributed by atoms with Crippen LogP contribution in [0.4, 0.5) is 15.9 Å². The summed E-state index contributed by atoms with van der Waals surface area (Å²) in [6.45, 7) is 0.385. The predicted molar refractivity (Wildman–Crippen MR) is 103 cm³/mol. The molecule has 25 heavy (non-hydrogen) atoms. The first kappa shape index (κ1) is 21.2. The normalized spacial score (nSPS) is 9.84. The summed E-state index contributed by atoms with van der Waals surface area (Å²) >= 11 is 1.99. The molecule has 0 spiro atoms. The lowest BCUT2D eigenvalue weighted by molar-refractivity contribution is 0.0774. The van der Waals surface area contributed by atoms with Crippen molar-refractivity contribution in [2.75, 3.05) is 25.1 Å². The van der Waals surface area contributed by atoms with Crippen molar-refractivity contribution in [3.63, 3.8) is 0 Å². The van der Waals surface area contributed by atoms with Gasteiger partial charge < -0.3 is 15.8 Å². The average molecular weight is 477 g/mol. The molecule has 2 aromatic rings. The fourth-order valence-corrected chi connectivity index (χ4v) is 2.34. The summed E-state index contributed by atoms with van der Waals surface area (Å²) in [5.74, 6) is -0.715. The molecule has 0 saturated heterocycles. The molecule has 0 radical (unpaired) electrons. The highest BCUT2D eigenvalue weighted by Gasteiger charge is 2.15. The molecule has 0 saturated carbocycles. The van der Waals surface area contributed by atoms with E-state index in [1.54, 1.807) is 6.07 Å². The van der Waals surface area contributed by atoms with E-state index in [-0.39, 0.29) is 54.2 Å². The third-order valence-corrected chi connectivity index (χ3v) is 3.66. The quantitative estimate of drug-likeness (QED) is 0.362. The fraction of sp³-hybridized carbons (Fsp3) is 0.188. The summed E-state index contributed by atoms with van der Waals surface area (Å²) in [6.07, 6.45) is 0. The number of benzene rings is 1. The minimum atomic E-state index is -0.483. The number of Topliss-reactive ketones (excluding diaryl/α,β-unsaturated/α-hetero) is 1. The van der Waals surface area contributed by atoms with Crippen molar-refractivity contribution in [3.8, 4) is 6.07 Å². The van der Waals surface area contributed by atoms with E-state index >= 15 is 0 Å². The Morgan fingerprint density at radius 3 is 2.80 bits per heavy atom. The number of nitrogens with one attached hydrogen (secondary N) is 1. The highest BCUT2D eigenvalue weighted by molar-refractivity contribution is 14.1. The largest absolute Gasteiger partial charge is 0.372 e. The number of nitrogens with two attached hydrogens (primary N) is 1. The number of hydrogen-bond acceptors (Lipinski definition) is 6. The number of carbonyl (C=O) groups excluding carboxylic acids is 1. The molecule has 1 aromatic heterocycles. The highest BCUT2D eigenvalue weighted by atomic mass is 127. The first-order valence-electron chi connectivity index (χ1n) is 6.99. The van der Waals surface area contributed by atoms with Crippen LogP contribution in [0.15, 0.2) is 30.3 Å². The lowest BCUT2D eigenvalue weighted by Crippen LogP contribution is -2.16. The van der Waals surface area contributed by atoms with E-state index in [1.807, 2.05) is 28.7 Å². The maximum atomic E-state index is 14.0. The third-order valence-electron chi connectivity index (χ3n) is 2.99. The number of nitriles is 1. The monoisotopic (exact) mass is 476 g/mol. The van der Waals surface area contributed by atoms with Crippen LogP contribution in [0.3, 0.4) is 0 Å². The minimum Gasteiger partial charge on any atom is -0.372 e. The number of pyridine rings is 1. The Labute approximate surface area is 164 Å². The predicted octanol–water partition coefficient (Wildman–Crippen LogP) is 3.02. The van der Waals surface area contributed by atoms with Crippen LogP contribution in [0.2, 0.25) is 0 Å². The molecule has 0 aliphatic carbocycles. The number of anilines is 2. The summed E-state index contributed by atoms with van der Waals surface area (Å²) in [6, 6.07) is 9.38. The Kier molecular flexibility index (Phi) is 8.71. The van der Waals surface area contributed by atoms with Gasteiger partial charge in [-0.2, -0.15) is 5.26 Å². The number of rotatable bonds is 7. The zero-order valence-electron chi connectivity index (χ0n) is 13.0. The molecule has 0 atom stereocenters. The van der Waals surface area contributed by atoms with Crippen LogP contribution in [0.25, 0.3) is 0 Å². The van der Waals surface area contributed by atoms with Gasteiger partial charge in [-0.3, -0.25) is 4.79 Å². The van der Waals surface area contributed by atoms with Gasteiger partial charge in [0.1, 0.15) is 30.0 Å². The van der Waals surface area contributed by atoms with E-state index in [1.165, 1.54) is 24.3 Å². The van der Waals surface area contributed by atoms with Crippen LogP contribution >= 0.6 is 35.0 Å². The summed E-state index contributed by atoms with van der Waals surface area (Å²) in [4.78, 5) is 16.3. The van der Waals surface area contributed by atoms with Crippen LogP contribution in [-0.4, -0.2) is 30.5 Å². The lowest BCUT2D eigenvalue weighted by Gasteiger charge is -2.12. The van der Waals surface area contributed by atoms with Crippen LogP contribution in [0, 0.1) is 20.7 Å². The van der Waals surface area contributed by atoms with Crippen molar-refractivity contribution in [3.05, 3.63) is 51.0 Å². The van der Waals surface area contributed by atoms with Crippen molar-refractivity contribution in [2.24, 2.45) is 5.73 Å². The van der Waals surface area contributed by atoms with E-state index < -0.39 is 5.82 Å². The average Bonchev–Trinajstić information content (AvgIpc) is 2.57. The second-order valence-electron chi connectivity index (χ2n) is 4.72. The number of ketones is 1. The summed E-state index contributed by atoms with van der Waals surface area (Å²) in [7, 11) is 0. The molecule has 0 unspecified atom stereocenters. The van der Waals surface area contributed by atoms with Crippen molar-refractivity contribution in [2.45, 2.75) is 0 Å². The van der Waals surface area contributed by atoms with Crippen LogP contribution in [0.1, 0.15) is 16.1 Å². The maximum Gasteiger partial charge on any atom is 0.192 e. The molecule has 2 rings (SSSR count). The van der Waals surface area contributed by atoms with Gasteiger partial charge in [0.2, 0.25) is 0 Å². The number of nitrogens with zero attached hydrogens (tertiary/aromatic N) is 2. The van der Waals surface area contributed by atoms with Crippen molar-refractivity contribution in [1.82, 2.24) is 4.98 Å². The molecule has 0 amide bonds. The molecule has 9 heteroatoms. The molecule has 132 valence electrons. The molecular weight excluding hydrogens is 462 g/mol. The van der Waals surface area contributed by atoms with Gasteiger partial charge in [0.15, 0.2) is 5.78 Å². The molecule has 1 heterocycles. The SMILES string of the molecule is Cl.N#Cc1ccc(C(=O)COCCN)c(Nc2ccc(I)cc2F)n1. The summed E-state index contributed by atoms with van der Waals surface area (Å²) in [5, 5.41) is 11.8. The summed E-state index contributed by atoms with van der Waals surface area (Å²) in [5.41, 5.74) is 5.80. The fourth-order valence-electron chi connectivity index (χ4n) is 1.89. The van der Waals surface area contributed by atoms with E-state index in [4.69, 9.17) is 15.7 Å². The number of carbonyl (C=O) groups is 1. The van der Waals surface area contributed by atoms with Crippen molar-refractivity contribution >= 4 is 52.3 Å². The molecule has 0 aliphatic heterocycles. The van der Waals surface area contributed by atoms with Crippen LogP contribution < -0.4 is 11.1 Å². The Morgan fingerprint density at radius 2 is 2.16 bits per heavy atom. The maximum absolute atomic E-state index is 14.0. The van der Waals surface area contributed by atoms with Gasteiger partial charge in [0.05, 0.1) is 17.9 Å². The Balaban J connectivity index is 0.00000312. The van der Waals surface area contributed by atoms with Crippen LogP contribution in [-0.2, 0) is 4.74 Å². The first-order valence-corrected chi connectivity index (χ1v) is 8.07. The first-order chi connectivity index (χ1) is 11.5. The van der Waals surface area contributed by atoms with Gasteiger partial charge in [0.25, 0.3) is 0 Å². The van der Waals surface area contributed by atoms with Crippen molar-refractivity contribution in [1.29, 1.82) is 5.26 Å². The highest BCUT2D eigenvalue weighted by Crippen LogP contribution is 2.23. The standard InChI is InChI=1S/C16H14FIN4O2.ClH/c17-13-7-10(18)1-4-14(13)22-16-12(3-2-11(8-20)21-16)15(23)9-24-6-5-19;/h1-4,7H,5-6,9,19H2,(H,21,22);1H. The van der Waals surface area contributed by atoms with E-state index in [9.17, 15) is 9.18 Å². The molecule has 3 N–H and O–H groups in total. The number of hydrogen-bond donors (Lipinski definition) is 2. The topological polar surface area (TPSA) is 101 Å². The van der Waals surface area contributed by atoms with Gasteiger partial charge in [0, 0.05) is 10.1 Å². The number of ether oxygens (including phenoxy) is 1. The summed E-state index contributed by atoms with van der Waals surface area (Å²) < 4.78 is 19.9. The minimum absolute atomic E-state index is 0. The Hall–Kier alpha value is -1.80. The third kappa shape index (κ3) is 5.89. The molecule has 0 aliphatic rings. The Bertz CT molecular complexity index is 798. The zero-order chi connectivity index (χ0) is 17.5. The molecule has 6 nitrogen and oxygen atoms in total. The van der Waals surface area contributed by atoms with Crippen molar-refractivity contribution < 1.29 is 13.9 Å². The van der Waals surface area contributed by atoms with E-state index in [2.05, 4.69) is 10.3 Å². The van der Waals surface area contributed by atoms with Crippen LogP contribution in [0.5, 0.6) is 0 Å². The smallest absolute Gasteiger partial charge is 0.192 e. The number of aromatic nitrogens is 1. The van der Waals surface area contributed by atoms with Gasteiger partial charge in [-0.25, -0.2) is 9.37 Å². The Morgan fingerprint density at radius 1 is 1.40 bits per heavy atom. The second kappa shape index (κ2) is 10.2. The lowest BCUT2D eigenvalue weighted by atomic mass is 10.1. The van der Waals surface area contributed by atoms with Gasteiger partial charge in [-0.05, 0) is 52.9 Å². The molecule has 1 aromatic carbocycles. The molecule has 0 bridgehead atoms. The number of halogens is 3. The second-order valence-corrected chi connectivity index (χ2v) is 5.96. The molecular formula is C16H15ClFIN4O2. The zero-order valence-corrected chi connectivity index (χ0v) is 15.9. The van der Waals surface area contributed by atoms with E-state index in [0.717, 1.165) is 3.57 Å². The molecule has 0 fully saturated rings. The van der Waals surface area contributed by atoms with Gasteiger partial charge >= 0.3 is 0 Å². The van der Waals surface area contributed by atoms with Gasteiger partial charge in [-0.1, -0.05) is 0 Å². The van der Waals surface area contributed by atoms with E-state index in [0.29, 0.717) is 6.54 Å².